The van der Waals surface area contributed by atoms with Crippen LogP contribution in [0.1, 0.15) is 23.5 Å². The first-order chi connectivity index (χ1) is 9.76. The molecule has 106 valence electrons. The smallest absolute Gasteiger partial charge is 0.343 e. The van der Waals surface area contributed by atoms with Crippen LogP contribution in [0.3, 0.4) is 0 Å². The molecule has 0 bridgehead atoms. The molecule has 20 heavy (non-hydrogen) atoms. The molecule has 1 aromatic carbocycles. The van der Waals surface area contributed by atoms with E-state index >= 15 is 0 Å². The molecule has 5 heteroatoms. The molecule has 2 atom stereocenters. The van der Waals surface area contributed by atoms with Gasteiger partial charge in [-0.1, -0.05) is 6.07 Å². The van der Waals surface area contributed by atoms with E-state index in [2.05, 4.69) is 24.0 Å². The normalized spacial score (nSPS) is 27.7. The summed E-state index contributed by atoms with van der Waals surface area (Å²) in [6.45, 7) is 5.78. The Morgan fingerprint density at radius 2 is 2.30 bits per heavy atom. The second-order valence-electron chi connectivity index (χ2n) is 6.31. The van der Waals surface area contributed by atoms with Gasteiger partial charge in [0.05, 0.1) is 0 Å². The van der Waals surface area contributed by atoms with Gasteiger partial charge in [0.25, 0.3) is 0 Å². The van der Waals surface area contributed by atoms with E-state index in [0.717, 1.165) is 56.9 Å². The molecular weight excluding hydrogens is 251 g/mol. The second-order valence-corrected chi connectivity index (χ2v) is 6.31. The SMILES string of the molecule is Cc1c(OC2CN(CCN)C2)ccc2c1OBC1CC21. The molecule has 4 nitrogen and oxygen atoms in total. The minimum absolute atomic E-state index is 0.301. The Hall–Kier alpha value is -1.20. The summed E-state index contributed by atoms with van der Waals surface area (Å²) >= 11 is 0. The van der Waals surface area contributed by atoms with E-state index in [1.165, 1.54) is 17.5 Å². The van der Waals surface area contributed by atoms with Crippen LogP contribution in [0.15, 0.2) is 12.1 Å². The van der Waals surface area contributed by atoms with Crippen LogP contribution in [0, 0.1) is 6.92 Å². The fraction of sp³-hybridized carbons (Fsp3) is 0.600. The Morgan fingerprint density at radius 1 is 1.45 bits per heavy atom. The first-order valence-corrected chi connectivity index (χ1v) is 7.61. The monoisotopic (exact) mass is 272 g/mol. The maximum atomic E-state index is 6.11. The van der Waals surface area contributed by atoms with E-state index in [4.69, 9.17) is 15.1 Å². The van der Waals surface area contributed by atoms with Crippen molar-refractivity contribution in [3.05, 3.63) is 23.3 Å². The molecule has 2 N–H and O–H groups in total. The van der Waals surface area contributed by atoms with E-state index in [1.807, 2.05) is 0 Å². The number of nitrogens with zero attached hydrogens (tertiary/aromatic N) is 1. The zero-order valence-electron chi connectivity index (χ0n) is 12.0. The fourth-order valence-corrected chi connectivity index (χ4v) is 3.45. The van der Waals surface area contributed by atoms with Crippen molar-refractivity contribution < 1.29 is 9.39 Å². The molecule has 1 saturated carbocycles. The van der Waals surface area contributed by atoms with Crippen LogP contribution in [0.5, 0.6) is 11.5 Å². The van der Waals surface area contributed by atoms with Crippen molar-refractivity contribution in [2.45, 2.75) is 31.2 Å². The number of rotatable bonds is 4. The summed E-state index contributed by atoms with van der Waals surface area (Å²) in [5, 5.41) is 0. The van der Waals surface area contributed by atoms with Gasteiger partial charge in [-0.2, -0.15) is 0 Å². The molecule has 1 aromatic rings. The highest BCUT2D eigenvalue weighted by Gasteiger charge is 2.45. The van der Waals surface area contributed by atoms with E-state index < -0.39 is 0 Å². The minimum Gasteiger partial charge on any atom is -0.564 e. The molecule has 0 spiro atoms. The van der Waals surface area contributed by atoms with Crippen LogP contribution in [0.2, 0.25) is 5.82 Å². The maximum Gasteiger partial charge on any atom is 0.343 e. The van der Waals surface area contributed by atoms with Gasteiger partial charge in [-0.3, -0.25) is 4.90 Å². The van der Waals surface area contributed by atoms with Crippen molar-refractivity contribution in [2.75, 3.05) is 26.2 Å². The van der Waals surface area contributed by atoms with Gasteiger partial charge in [-0.25, -0.2) is 0 Å². The maximum absolute atomic E-state index is 6.11. The number of likely N-dealkylation sites (tertiary alicyclic amines) is 1. The summed E-state index contributed by atoms with van der Waals surface area (Å²) in [4.78, 5) is 2.32. The summed E-state index contributed by atoms with van der Waals surface area (Å²) < 4.78 is 12.0. The van der Waals surface area contributed by atoms with Crippen molar-refractivity contribution in [1.82, 2.24) is 4.90 Å². The van der Waals surface area contributed by atoms with Gasteiger partial charge in [-0.15, -0.1) is 0 Å². The Morgan fingerprint density at radius 3 is 3.10 bits per heavy atom. The molecule has 2 fully saturated rings. The number of benzene rings is 1. The van der Waals surface area contributed by atoms with E-state index in [0.29, 0.717) is 6.10 Å². The second kappa shape index (κ2) is 4.67. The van der Waals surface area contributed by atoms with Crippen molar-refractivity contribution >= 4 is 7.48 Å². The topological polar surface area (TPSA) is 47.7 Å². The highest BCUT2D eigenvalue weighted by atomic mass is 16.5. The minimum atomic E-state index is 0.301. The summed E-state index contributed by atoms with van der Waals surface area (Å²) in [6, 6.07) is 4.33. The zero-order chi connectivity index (χ0) is 13.7. The molecular formula is C15H21BN2O2. The number of ether oxygens (including phenoxy) is 1. The lowest BCUT2D eigenvalue weighted by atomic mass is 9.84. The van der Waals surface area contributed by atoms with Gasteiger partial charge in [0.2, 0.25) is 0 Å². The van der Waals surface area contributed by atoms with E-state index in [9.17, 15) is 0 Å². The predicted molar refractivity (Wildman–Crippen MR) is 80.0 cm³/mol. The van der Waals surface area contributed by atoms with Gasteiger partial charge in [0.1, 0.15) is 17.6 Å². The molecule has 4 rings (SSSR count). The van der Waals surface area contributed by atoms with Crippen molar-refractivity contribution in [3.63, 3.8) is 0 Å². The molecule has 1 aliphatic carbocycles. The third-order valence-electron chi connectivity index (χ3n) is 4.81. The number of hydrogen-bond donors (Lipinski definition) is 1. The van der Waals surface area contributed by atoms with Gasteiger partial charge in [0, 0.05) is 31.7 Å². The third kappa shape index (κ3) is 2.00. The van der Waals surface area contributed by atoms with Crippen molar-refractivity contribution in [1.29, 1.82) is 0 Å². The predicted octanol–water partition coefficient (Wildman–Crippen LogP) is 1.04. The first-order valence-electron chi connectivity index (χ1n) is 7.61. The summed E-state index contributed by atoms with van der Waals surface area (Å²) in [7, 11) is 0.885. The van der Waals surface area contributed by atoms with Gasteiger partial charge >= 0.3 is 7.48 Å². The lowest BCUT2D eigenvalue weighted by molar-refractivity contribution is 0.0218. The van der Waals surface area contributed by atoms with Crippen LogP contribution in [0.4, 0.5) is 0 Å². The van der Waals surface area contributed by atoms with Crippen LogP contribution >= 0.6 is 0 Å². The lowest BCUT2D eigenvalue weighted by Crippen LogP contribution is -2.55. The fourth-order valence-electron chi connectivity index (χ4n) is 3.45. The average Bonchev–Trinajstić information content (AvgIpc) is 3.18. The standard InChI is InChI=1S/C15H21BN2O2/c1-9-14(19-10-7-18(8-10)5-4-17)3-2-11-12-6-13(12)16-20-15(9)11/h2-3,10,12-13,16H,4-8,17H2,1H3. The zero-order valence-corrected chi connectivity index (χ0v) is 12.0. The highest BCUT2D eigenvalue weighted by molar-refractivity contribution is 6.33. The summed E-state index contributed by atoms with van der Waals surface area (Å²) in [5.41, 5.74) is 8.12. The quantitative estimate of drug-likeness (QED) is 0.832. The van der Waals surface area contributed by atoms with Crippen LogP contribution in [-0.2, 0) is 0 Å². The molecule has 2 unspecified atom stereocenters. The van der Waals surface area contributed by atoms with Crippen molar-refractivity contribution in [3.8, 4) is 11.5 Å². The third-order valence-corrected chi connectivity index (χ3v) is 4.81. The Kier molecular flexibility index (Phi) is 2.93. The number of nitrogens with two attached hydrogens (primary N) is 1. The number of fused-ring (bicyclic) bond motifs is 3. The molecule has 0 aromatic heterocycles. The van der Waals surface area contributed by atoms with Crippen molar-refractivity contribution in [2.24, 2.45) is 5.73 Å². The van der Waals surface area contributed by atoms with E-state index in [1.54, 1.807) is 0 Å². The van der Waals surface area contributed by atoms with Gasteiger partial charge in [-0.05, 0) is 36.7 Å². The Balaban J connectivity index is 1.47. The van der Waals surface area contributed by atoms with Crippen LogP contribution in [0.25, 0.3) is 0 Å². The molecule has 0 radical (unpaired) electrons. The molecule has 0 amide bonds. The van der Waals surface area contributed by atoms with E-state index in [-0.39, 0.29) is 0 Å². The first kappa shape index (κ1) is 12.5. The molecule has 1 saturated heterocycles. The molecule has 2 aliphatic heterocycles. The molecule has 2 heterocycles. The van der Waals surface area contributed by atoms with Gasteiger partial charge < -0.3 is 15.1 Å². The largest absolute Gasteiger partial charge is 0.564 e. The van der Waals surface area contributed by atoms with Crippen LogP contribution in [-0.4, -0.2) is 44.7 Å². The average molecular weight is 272 g/mol. The Bertz CT molecular complexity index is 531. The highest BCUT2D eigenvalue weighted by Crippen LogP contribution is 2.58. The summed E-state index contributed by atoms with van der Waals surface area (Å²) in [6.07, 6.45) is 1.60. The van der Waals surface area contributed by atoms with Gasteiger partial charge in [0.15, 0.2) is 0 Å². The number of hydrogen-bond acceptors (Lipinski definition) is 4. The molecule has 3 aliphatic rings. The Labute approximate surface area is 120 Å². The lowest BCUT2D eigenvalue weighted by Gasteiger charge is -2.39. The summed E-state index contributed by atoms with van der Waals surface area (Å²) in [5.74, 6) is 3.58. The van der Waals surface area contributed by atoms with Crippen LogP contribution < -0.4 is 15.1 Å².